The molecule has 1 aliphatic heterocycles. The minimum Gasteiger partial charge on any atom is -0.493 e. The molecule has 0 radical (unpaired) electrons. The maximum absolute atomic E-state index is 6.20. The van der Waals surface area contributed by atoms with Crippen LogP contribution in [0.25, 0.3) is 0 Å². The highest BCUT2D eigenvalue weighted by Crippen LogP contribution is 2.33. The molecule has 0 saturated carbocycles. The van der Waals surface area contributed by atoms with Gasteiger partial charge in [0.25, 0.3) is 0 Å². The van der Waals surface area contributed by atoms with Crippen LogP contribution in [0.15, 0.2) is 18.2 Å². The van der Waals surface area contributed by atoms with E-state index in [4.69, 9.17) is 22.1 Å². The van der Waals surface area contributed by atoms with Gasteiger partial charge in [0.15, 0.2) is 0 Å². The first kappa shape index (κ1) is 16.6. The lowest BCUT2D eigenvalue weighted by Gasteiger charge is -2.35. The van der Waals surface area contributed by atoms with E-state index in [0.29, 0.717) is 6.54 Å². The fraction of sp³-hybridized carbons (Fsp3) is 0.647. The van der Waals surface area contributed by atoms with Gasteiger partial charge < -0.3 is 10.5 Å². The van der Waals surface area contributed by atoms with Crippen LogP contribution in [0, 0.1) is 0 Å². The van der Waals surface area contributed by atoms with Crippen molar-refractivity contribution in [2.75, 3.05) is 26.2 Å². The van der Waals surface area contributed by atoms with Crippen LogP contribution in [-0.4, -0.2) is 31.1 Å². The fourth-order valence-corrected chi connectivity index (χ4v) is 3.12. The number of likely N-dealkylation sites (tertiary alicyclic amines) is 1. The lowest BCUT2D eigenvalue weighted by atomic mass is 10.0. The third kappa shape index (κ3) is 4.60. The molecule has 1 unspecified atom stereocenters. The summed E-state index contributed by atoms with van der Waals surface area (Å²) in [5.41, 5.74) is 7.21. The van der Waals surface area contributed by atoms with E-state index < -0.39 is 0 Å². The van der Waals surface area contributed by atoms with Crippen molar-refractivity contribution < 1.29 is 4.74 Å². The van der Waals surface area contributed by atoms with Crippen LogP contribution in [0.1, 0.15) is 50.6 Å². The van der Waals surface area contributed by atoms with Crippen LogP contribution in [0.2, 0.25) is 5.02 Å². The first-order chi connectivity index (χ1) is 10.3. The standard InChI is InChI=1S/C17H27ClN2O/c1-2-3-11-21-17-8-7-14(18)12-15(17)16(13-19)20-9-5-4-6-10-20/h7-8,12,16H,2-6,9-11,13,19H2,1H3. The number of nitrogens with two attached hydrogens (primary N) is 1. The molecule has 0 bridgehead atoms. The molecule has 0 aliphatic carbocycles. The van der Waals surface area contributed by atoms with Gasteiger partial charge in [0.05, 0.1) is 12.6 Å². The molecule has 0 amide bonds. The number of halogens is 1. The molecule has 0 spiro atoms. The molecule has 2 rings (SSSR count). The Bertz CT molecular complexity index is 433. The smallest absolute Gasteiger partial charge is 0.124 e. The molecular weight excluding hydrogens is 284 g/mol. The zero-order valence-corrected chi connectivity index (χ0v) is 13.7. The fourth-order valence-electron chi connectivity index (χ4n) is 2.94. The Morgan fingerprint density at radius 2 is 2.05 bits per heavy atom. The summed E-state index contributed by atoms with van der Waals surface area (Å²) in [5, 5.41) is 0.753. The predicted octanol–water partition coefficient (Wildman–Crippen LogP) is 4.00. The molecule has 118 valence electrons. The number of rotatable bonds is 7. The summed E-state index contributed by atoms with van der Waals surface area (Å²) in [6.45, 7) is 5.75. The van der Waals surface area contributed by atoms with Crippen LogP contribution in [0.3, 0.4) is 0 Å². The Hall–Kier alpha value is -0.770. The van der Waals surface area contributed by atoms with Crippen LogP contribution in [-0.2, 0) is 0 Å². The Morgan fingerprint density at radius 1 is 1.29 bits per heavy atom. The second-order valence-corrected chi connectivity index (χ2v) is 6.17. The van der Waals surface area contributed by atoms with Gasteiger partial charge in [-0.1, -0.05) is 31.4 Å². The highest BCUT2D eigenvalue weighted by Gasteiger charge is 2.24. The van der Waals surface area contributed by atoms with Gasteiger partial charge in [-0.25, -0.2) is 0 Å². The predicted molar refractivity (Wildman–Crippen MR) is 89.1 cm³/mol. The molecule has 4 heteroatoms. The van der Waals surface area contributed by atoms with Gasteiger partial charge in [-0.15, -0.1) is 0 Å². The van der Waals surface area contributed by atoms with Crippen LogP contribution in [0.4, 0.5) is 0 Å². The molecule has 2 N–H and O–H groups in total. The maximum Gasteiger partial charge on any atom is 0.124 e. The van der Waals surface area contributed by atoms with Gasteiger partial charge in [-0.3, -0.25) is 4.90 Å². The summed E-state index contributed by atoms with van der Waals surface area (Å²) in [6, 6.07) is 6.12. The molecule has 1 aromatic rings. The third-order valence-corrected chi connectivity index (χ3v) is 4.38. The number of hydrogen-bond donors (Lipinski definition) is 1. The SMILES string of the molecule is CCCCOc1ccc(Cl)cc1C(CN)N1CCCCC1. The van der Waals surface area contributed by atoms with E-state index in [1.165, 1.54) is 19.3 Å². The van der Waals surface area contributed by atoms with E-state index in [1.807, 2.05) is 18.2 Å². The van der Waals surface area contributed by atoms with E-state index in [2.05, 4.69) is 11.8 Å². The van der Waals surface area contributed by atoms with Gasteiger partial charge >= 0.3 is 0 Å². The third-order valence-electron chi connectivity index (χ3n) is 4.14. The summed E-state index contributed by atoms with van der Waals surface area (Å²) in [5.74, 6) is 0.939. The minimum atomic E-state index is 0.209. The lowest BCUT2D eigenvalue weighted by molar-refractivity contribution is 0.163. The van der Waals surface area contributed by atoms with E-state index in [0.717, 1.165) is 48.9 Å². The van der Waals surface area contributed by atoms with Gasteiger partial charge in [0, 0.05) is 17.1 Å². The van der Waals surface area contributed by atoms with Crippen molar-refractivity contribution in [1.82, 2.24) is 4.90 Å². The van der Waals surface area contributed by atoms with Crippen molar-refractivity contribution in [3.63, 3.8) is 0 Å². The maximum atomic E-state index is 6.20. The molecule has 21 heavy (non-hydrogen) atoms. The van der Waals surface area contributed by atoms with Crippen molar-refractivity contribution in [2.24, 2.45) is 5.73 Å². The van der Waals surface area contributed by atoms with Crippen molar-refractivity contribution >= 4 is 11.6 Å². The number of unbranched alkanes of at least 4 members (excludes halogenated alkanes) is 1. The van der Waals surface area contributed by atoms with Crippen molar-refractivity contribution in [3.8, 4) is 5.75 Å². The highest BCUT2D eigenvalue weighted by atomic mass is 35.5. The summed E-state index contributed by atoms with van der Waals surface area (Å²) < 4.78 is 5.97. The molecular formula is C17H27ClN2O. The molecule has 1 aliphatic rings. The first-order valence-electron chi connectivity index (χ1n) is 8.12. The number of ether oxygens (including phenoxy) is 1. The van der Waals surface area contributed by atoms with Gasteiger partial charge in [-0.2, -0.15) is 0 Å². The number of nitrogens with zero attached hydrogens (tertiary/aromatic N) is 1. The van der Waals surface area contributed by atoms with Gasteiger partial charge in [0.1, 0.15) is 5.75 Å². The largest absolute Gasteiger partial charge is 0.493 e. The zero-order valence-electron chi connectivity index (χ0n) is 13.0. The number of piperidine rings is 1. The van der Waals surface area contributed by atoms with E-state index >= 15 is 0 Å². The average Bonchev–Trinajstić information content (AvgIpc) is 2.51. The van der Waals surface area contributed by atoms with Crippen LogP contribution < -0.4 is 10.5 Å². The molecule has 3 nitrogen and oxygen atoms in total. The van der Waals surface area contributed by atoms with Crippen molar-refractivity contribution in [1.29, 1.82) is 0 Å². The quantitative estimate of drug-likeness (QED) is 0.773. The van der Waals surface area contributed by atoms with E-state index in [9.17, 15) is 0 Å². The van der Waals surface area contributed by atoms with Crippen molar-refractivity contribution in [2.45, 2.75) is 45.1 Å². The molecule has 1 saturated heterocycles. The van der Waals surface area contributed by atoms with E-state index in [1.54, 1.807) is 0 Å². The Morgan fingerprint density at radius 3 is 2.71 bits per heavy atom. The molecule has 1 atom stereocenters. The Labute approximate surface area is 133 Å². The monoisotopic (exact) mass is 310 g/mol. The Balaban J connectivity index is 2.18. The number of benzene rings is 1. The minimum absolute atomic E-state index is 0.209. The molecule has 1 aromatic carbocycles. The second-order valence-electron chi connectivity index (χ2n) is 5.73. The first-order valence-corrected chi connectivity index (χ1v) is 8.50. The van der Waals surface area contributed by atoms with Gasteiger partial charge in [-0.05, 0) is 50.6 Å². The summed E-state index contributed by atoms with van der Waals surface area (Å²) >= 11 is 6.20. The summed E-state index contributed by atoms with van der Waals surface area (Å²) in [4.78, 5) is 2.47. The topological polar surface area (TPSA) is 38.5 Å². The highest BCUT2D eigenvalue weighted by molar-refractivity contribution is 6.30. The van der Waals surface area contributed by atoms with Crippen LogP contribution in [0.5, 0.6) is 5.75 Å². The molecule has 1 heterocycles. The second kappa shape index (κ2) is 8.62. The summed E-state index contributed by atoms with van der Waals surface area (Å²) in [6.07, 6.45) is 6.03. The average molecular weight is 311 g/mol. The summed E-state index contributed by atoms with van der Waals surface area (Å²) in [7, 11) is 0. The Kier molecular flexibility index (Phi) is 6.81. The molecule has 1 fully saturated rings. The van der Waals surface area contributed by atoms with Crippen molar-refractivity contribution in [3.05, 3.63) is 28.8 Å². The van der Waals surface area contributed by atoms with E-state index in [-0.39, 0.29) is 6.04 Å². The van der Waals surface area contributed by atoms with Crippen LogP contribution >= 0.6 is 11.6 Å². The van der Waals surface area contributed by atoms with Gasteiger partial charge in [0.2, 0.25) is 0 Å². The number of hydrogen-bond acceptors (Lipinski definition) is 3. The normalized spacial score (nSPS) is 17.7. The molecule has 0 aromatic heterocycles. The lowest BCUT2D eigenvalue weighted by Crippen LogP contribution is -2.37. The zero-order chi connectivity index (χ0) is 15.1.